The Morgan fingerprint density at radius 2 is 2.40 bits per heavy atom. The first-order chi connectivity index (χ1) is 7.18. The zero-order chi connectivity index (χ0) is 10.8. The van der Waals surface area contributed by atoms with Crippen LogP contribution < -0.4 is 5.73 Å². The average Bonchev–Trinajstić information content (AvgIpc) is 2.73. The van der Waals surface area contributed by atoms with E-state index in [0.29, 0.717) is 17.3 Å². The molecule has 2 heterocycles. The van der Waals surface area contributed by atoms with Gasteiger partial charge in [-0.05, 0) is 18.3 Å². The number of H-pyrrole nitrogens is 1. The summed E-state index contributed by atoms with van der Waals surface area (Å²) < 4.78 is 4.15. The van der Waals surface area contributed by atoms with Gasteiger partial charge in [-0.2, -0.15) is 5.10 Å². The molecule has 0 aliphatic heterocycles. The molecule has 0 amide bonds. The number of aromatic amines is 1. The molecule has 0 radical (unpaired) electrons. The van der Waals surface area contributed by atoms with E-state index in [1.54, 1.807) is 10.8 Å². The van der Waals surface area contributed by atoms with Crippen LogP contribution in [0.2, 0.25) is 0 Å². The van der Waals surface area contributed by atoms with Gasteiger partial charge >= 0.3 is 0 Å². The second kappa shape index (κ2) is 3.85. The standard InChI is InChI=1S/C8H12N6S/c1-13-6(2-4-10-13)3-5-14-7(9)11-12-8(14)15/h2,4H,3,5H2,1H3,(H2,9,11)(H,12,15). The number of nitrogens with one attached hydrogen (secondary N) is 1. The lowest BCUT2D eigenvalue weighted by molar-refractivity contribution is 0.636. The number of rotatable bonds is 3. The lowest BCUT2D eigenvalue weighted by Gasteiger charge is -2.03. The number of aromatic nitrogens is 5. The molecule has 0 aliphatic rings. The zero-order valence-corrected chi connectivity index (χ0v) is 9.16. The van der Waals surface area contributed by atoms with Crippen molar-refractivity contribution in [3.63, 3.8) is 0 Å². The normalized spacial score (nSPS) is 10.7. The molecule has 80 valence electrons. The summed E-state index contributed by atoms with van der Waals surface area (Å²) in [5.74, 6) is 0.419. The average molecular weight is 224 g/mol. The van der Waals surface area contributed by atoms with Crippen LogP contribution in [0.15, 0.2) is 12.3 Å². The van der Waals surface area contributed by atoms with Crippen molar-refractivity contribution in [2.24, 2.45) is 7.05 Å². The Morgan fingerprint density at radius 3 is 2.93 bits per heavy atom. The zero-order valence-electron chi connectivity index (χ0n) is 8.34. The van der Waals surface area contributed by atoms with Crippen molar-refractivity contribution in [1.82, 2.24) is 24.5 Å². The van der Waals surface area contributed by atoms with Gasteiger partial charge in [-0.1, -0.05) is 0 Å². The van der Waals surface area contributed by atoms with Gasteiger partial charge in [-0.25, -0.2) is 5.10 Å². The van der Waals surface area contributed by atoms with E-state index in [9.17, 15) is 0 Å². The maximum absolute atomic E-state index is 5.65. The number of anilines is 1. The number of hydrogen-bond donors (Lipinski definition) is 2. The van der Waals surface area contributed by atoms with Gasteiger partial charge in [0.1, 0.15) is 0 Å². The third-order valence-electron chi connectivity index (χ3n) is 2.30. The molecule has 6 nitrogen and oxygen atoms in total. The fourth-order valence-electron chi connectivity index (χ4n) is 1.42. The fourth-order valence-corrected chi connectivity index (χ4v) is 1.65. The van der Waals surface area contributed by atoms with E-state index in [4.69, 9.17) is 18.0 Å². The molecule has 3 N–H and O–H groups in total. The van der Waals surface area contributed by atoms with E-state index in [-0.39, 0.29) is 0 Å². The summed E-state index contributed by atoms with van der Waals surface area (Å²) in [7, 11) is 1.91. The monoisotopic (exact) mass is 224 g/mol. The van der Waals surface area contributed by atoms with Crippen LogP contribution in [0.1, 0.15) is 5.69 Å². The Kier molecular flexibility index (Phi) is 2.55. The van der Waals surface area contributed by atoms with Crippen molar-refractivity contribution in [1.29, 1.82) is 0 Å². The molecule has 0 fully saturated rings. The van der Waals surface area contributed by atoms with Crippen molar-refractivity contribution in [3.8, 4) is 0 Å². The van der Waals surface area contributed by atoms with Gasteiger partial charge in [0.15, 0.2) is 4.77 Å². The first-order valence-corrected chi connectivity index (χ1v) is 4.97. The molecule has 0 atom stereocenters. The topological polar surface area (TPSA) is 77.4 Å². The highest BCUT2D eigenvalue weighted by atomic mass is 32.1. The molecule has 0 aliphatic carbocycles. The van der Waals surface area contributed by atoms with Crippen molar-refractivity contribution in [2.45, 2.75) is 13.0 Å². The van der Waals surface area contributed by atoms with Crippen LogP contribution in [0.3, 0.4) is 0 Å². The molecule has 0 saturated heterocycles. The van der Waals surface area contributed by atoms with Crippen LogP contribution in [-0.2, 0) is 20.0 Å². The Hall–Kier alpha value is -1.63. The lowest BCUT2D eigenvalue weighted by Crippen LogP contribution is -2.08. The largest absolute Gasteiger partial charge is 0.368 e. The summed E-state index contributed by atoms with van der Waals surface area (Å²) in [6.07, 6.45) is 2.60. The molecule has 2 aromatic rings. The third-order valence-corrected chi connectivity index (χ3v) is 2.61. The summed E-state index contributed by atoms with van der Waals surface area (Å²) in [6.45, 7) is 0.709. The first-order valence-electron chi connectivity index (χ1n) is 4.56. The highest BCUT2D eigenvalue weighted by molar-refractivity contribution is 7.71. The molecule has 7 heteroatoms. The van der Waals surface area contributed by atoms with Crippen LogP contribution in [0.4, 0.5) is 5.95 Å². The molecular weight excluding hydrogens is 212 g/mol. The van der Waals surface area contributed by atoms with Crippen LogP contribution in [-0.4, -0.2) is 24.5 Å². The van der Waals surface area contributed by atoms with E-state index in [2.05, 4.69) is 15.3 Å². The minimum Gasteiger partial charge on any atom is -0.368 e. The summed E-state index contributed by atoms with van der Waals surface area (Å²) >= 11 is 5.04. The SMILES string of the molecule is Cn1nccc1CCn1c(N)n[nH]c1=S. The Balaban J connectivity index is 2.12. The third kappa shape index (κ3) is 1.91. The van der Waals surface area contributed by atoms with Gasteiger partial charge in [0, 0.05) is 31.9 Å². The van der Waals surface area contributed by atoms with Gasteiger partial charge in [0.25, 0.3) is 0 Å². The van der Waals surface area contributed by atoms with E-state index in [1.165, 1.54) is 0 Å². The lowest BCUT2D eigenvalue weighted by atomic mass is 10.3. The molecule has 2 aromatic heterocycles. The molecule has 0 unspecified atom stereocenters. The highest BCUT2D eigenvalue weighted by Crippen LogP contribution is 2.04. The second-order valence-electron chi connectivity index (χ2n) is 3.23. The predicted octanol–water partition coefficient (Wildman–Crippen LogP) is 0.499. The molecule has 0 bridgehead atoms. The molecule has 15 heavy (non-hydrogen) atoms. The summed E-state index contributed by atoms with van der Waals surface area (Å²) in [5.41, 5.74) is 6.79. The minimum atomic E-state index is 0.419. The van der Waals surface area contributed by atoms with E-state index >= 15 is 0 Å². The number of nitrogens with zero attached hydrogens (tertiary/aromatic N) is 4. The van der Waals surface area contributed by atoms with Crippen LogP contribution in [0.5, 0.6) is 0 Å². The van der Waals surface area contributed by atoms with E-state index in [1.807, 2.05) is 17.8 Å². The summed E-state index contributed by atoms with van der Waals surface area (Å²) in [5, 5.41) is 10.6. The Bertz CT molecular complexity index is 507. The summed E-state index contributed by atoms with van der Waals surface area (Å²) in [6, 6.07) is 1.97. The highest BCUT2D eigenvalue weighted by Gasteiger charge is 2.03. The number of hydrogen-bond acceptors (Lipinski definition) is 4. The Morgan fingerprint density at radius 1 is 1.60 bits per heavy atom. The maximum Gasteiger partial charge on any atom is 0.220 e. The quantitative estimate of drug-likeness (QED) is 0.744. The van der Waals surface area contributed by atoms with Crippen LogP contribution >= 0.6 is 12.2 Å². The second-order valence-corrected chi connectivity index (χ2v) is 3.62. The molecule has 0 spiro atoms. The van der Waals surface area contributed by atoms with Gasteiger partial charge in [-0.3, -0.25) is 9.25 Å². The fraction of sp³-hybridized carbons (Fsp3) is 0.375. The van der Waals surface area contributed by atoms with Crippen LogP contribution in [0, 0.1) is 4.77 Å². The van der Waals surface area contributed by atoms with Crippen molar-refractivity contribution in [2.75, 3.05) is 5.73 Å². The molecular formula is C8H12N6S. The van der Waals surface area contributed by atoms with Gasteiger partial charge < -0.3 is 5.73 Å². The van der Waals surface area contributed by atoms with Crippen molar-refractivity contribution < 1.29 is 0 Å². The van der Waals surface area contributed by atoms with Crippen LogP contribution in [0.25, 0.3) is 0 Å². The number of nitrogens with two attached hydrogens (primary N) is 1. The van der Waals surface area contributed by atoms with Gasteiger partial charge in [0.2, 0.25) is 5.95 Å². The maximum atomic E-state index is 5.65. The van der Waals surface area contributed by atoms with E-state index < -0.39 is 0 Å². The molecule has 0 saturated carbocycles. The van der Waals surface area contributed by atoms with Gasteiger partial charge in [0.05, 0.1) is 0 Å². The minimum absolute atomic E-state index is 0.419. The predicted molar refractivity (Wildman–Crippen MR) is 58.7 cm³/mol. The number of aryl methyl sites for hydroxylation is 2. The molecule has 0 aromatic carbocycles. The molecule has 2 rings (SSSR count). The first kappa shape index (κ1) is 9.91. The Labute approximate surface area is 91.7 Å². The van der Waals surface area contributed by atoms with Crippen molar-refractivity contribution in [3.05, 3.63) is 22.7 Å². The van der Waals surface area contributed by atoms with E-state index in [0.717, 1.165) is 12.1 Å². The number of nitrogen functional groups attached to an aromatic ring is 1. The van der Waals surface area contributed by atoms with Gasteiger partial charge in [-0.15, -0.1) is 5.10 Å². The summed E-state index contributed by atoms with van der Waals surface area (Å²) in [4.78, 5) is 0. The smallest absolute Gasteiger partial charge is 0.220 e. The van der Waals surface area contributed by atoms with Crippen molar-refractivity contribution >= 4 is 18.2 Å².